The highest BCUT2D eigenvalue weighted by Gasteiger charge is 2.43. The van der Waals surface area contributed by atoms with Crippen molar-refractivity contribution in [3.8, 4) is 0 Å². The quantitative estimate of drug-likeness (QED) is 0.524. The van der Waals surface area contributed by atoms with Gasteiger partial charge in [-0.1, -0.05) is 24.4 Å². The summed E-state index contributed by atoms with van der Waals surface area (Å²) in [6.07, 6.45) is 3.77. The molecular weight excluding hydrogens is 495 g/mol. The SMILES string of the molecule is Cc1cc(C(=O)NC2(C(=O)NC3CCN(c4ccc(F)cc4N4CCNC4=O)CC3=O)CCCCC2)no1. The van der Waals surface area contributed by atoms with Crippen molar-refractivity contribution in [3.05, 3.63) is 41.5 Å². The number of Topliss-reactive ketones (excluding diaryl/α,β-unsaturated/α-hetero) is 1. The van der Waals surface area contributed by atoms with E-state index in [1.165, 1.54) is 23.1 Å². The maximum absolute atomic E-state index is 14.1. The van der Waals surface area contributed by atoms with Crippen molar-refractivity contribution >= 4 is 35.0 Å². The molecule has 1 saturated carbocycles. The van der Waals surface area contributed by atoms with E-state index in [4.69, 9.17) is 4.52 Å². The molecule has 3 aliphatic rings. The second kappa shape index (κ2) is 10.4. The highest BCUT2D eigenvalue weighted by atomic mass is 19.1. The van der Waals surface area contributed by atoms with E-state index in [0.29, 0.717) is 56.0 Å². The minimum Gasteiger partial charge on any atom is -0.362 e. The number of halogens is 1. The molecule has 2 saturated heterocycles. The van der Waals surface area contributed by atoms with Gasteiger partial charge in [0.25, 0.3) is 5.91 Å². The van der Waals surface area contributed by atoms with Crippen molar-refractivity contribution in [2.45, 2.75) is 57.0 Å². The lowest BCUT2D eigenvalue weighted by Crippen LogP contribution is -2.63. The Kier molecular flexibility index (Phi) is 7.04. The molecule has 1 unspecified atom stereocenters. The molecule has 1 aromatic heterocycles. The van der Waals surface area contributed by atoms with E-state index in [1.807, 2.05) is 0 Å². The summed E-state index contributed by atoms with van der Waals surface area (Å²) >= 11 is 0. The van der Waals surface area contributed by atoms with Crippen LogP contribution in [-0.4, -0.2) is 66.5 Å². The van der Waals surface area contributed by atoms with Crippen LogP contribution in [0.4, 0.5) is 20.6 Å². The van der Waals surface area contributed by atoms with Gasteiger partial charge >= 0.3 is 6.03 Å². The van der Waals surface area contributed by atoms with E-state index in [2.05, 4.69) is 21.1 Å². The number of nitrogens with zero attached hydrogens (tertiary/aromatic N) is 3. The van der Waals surface area contributed by atoms with Crippen LogP contribution in [0.25, 0.3) is 0 Å². The average molecular weight is 527 g/mol. The number of aromatic nitrogens is 1. The van der Waals surface area contributed by atoms with Crippen LogP contribution in [0.2, 0.25) is 0 Å². The molecule has 1 atom stereocenters. The molecule has 2 aromatic rings. The van der Waals surface area contributed by atoms with Crippen LogP contribution in [0.3, 0.4) is 0 Å². The second-order valence-electron chi connectivity index (χ2n) is 10.1. The molecule has 0 radical (unpaired) electrons. The van der Waals surface area contributed by atoms with Gasteiger partial charge in [-0.2, -0.15) is 0 Å². The number of hydrogen-bond donors (Lipinski definition) is 3. The number of aryl methyl sites for hydroxylation is 1. The Bertz CT molecular complexity index is 1260. The maximum atomic E-state index is 14.1. The third kappa shape index (κ3) is 5.07. The van der Waals surface area contributed by atoms with Gasteiger partial charge in [0, 0.05) is 25.7 Å². The van der Waals surface area contributed by atoms with Crippen molar-refractivity contribution in [2.75, 3.05) is 36.0 Å². The van der Waals surface area contributed by atoms with E-state index in [0.717, 1.165) is 19.3 Å². The van der Waals surface area contributed by atoms with Gasteiger partial charge in [-0.25, -0.2) is 9.18 Å². The number of hydrogen-bond acceptors (Lipinski definition) is 7. The number of piperidine rings is 1. The molecule has 1 aromatic carbocycles. The lowest BCUT2D eigenvalue weighted by atomic mass is 9.80. The molecule has 11 nitrogen and oxygen atoms in total. The van der Waals surface area contributed by atoms with Crippen molar-refractivity contribution < 1.29 is 28.1 Å². The highest BCUT2D eigenvalue weighted by molar-refractivity contribution is 6.01. The van der Waals surface area contributed by atoms with Crippen molar-refractivity contribution in [2.24, 2.45) is 0 Å². The van der Waals surface area contributed by atoms with Crippen LogP contribution in [-0.2, 0) is 9.59 Å². The predicted molar refractivity (Wildman–Crippen MR) is 135 cm³/mol. The molecule has 3 N–H and O–H groups in total. The van der Waals surface area contributed by atoms with Gasteiger partial charge in [-0.05, 0) is 44.4 Å². The topological polar surface area (TPSA) is 137 Å². The largest absolute Gasteiger partial charge is 0.362 e. The predicted octanol–water partition coefficient (Wildman–Crippen LogP) is 2.05. The number of amides is 4. The smallest absolute Gasteiger partial charge is 0.322 e. The zero-order chi connectivity index (χ0) is 26.9. The fourth-order valence-electron chi connectivity index (χ4n) is 5.48. The first-order valence-corrected chi connectivity index (χ1v) is 13.0. The molecule has 38 heavy (non-hydrogen) atoms. The monoisotopic (exact) mass is 526 g/mol. The van der Waals surface area contributed by atoms with Gasteiger partial charge in [-0.3, -0.25) is 19.3 Å². The summed E-state index contributed by atoms with van der Waals surface area (Å²) in [4.78, 5) is 55.0. The fraction of sp³-hybridized carbons (Fsp3) is 0.500. The molecule has 3 heterocycles. The van der Waals surface area contributed by atoms with Gasteiger partial charge in [-0.15, -0.1) is 0 Å². The van der Waals surface area contributed by atoms with E-state index in [9.17, 15) is 23.6 Å². The standard InChI is InChI=1S/C26H31FN6O5/c1-16-13-19(31-38-16)23(35)30-26(8-3-2-4-9-26)24(36)29-18-7-11-32(15-22(18)34)20-6-5-17(27)14-21(20)33-12-10-28-25(33)37/h5-6,13-14,18H,2-4,7-12,15H2,1H3,(H,28,37)(H,29,36)(H,30,35). The van der Waals surface area contributed by atoms with E-state index in [-0.39, 0.29) is 30.0 Å². The molecule has 202 valence electrons. The van der Waals surface area contributed by atoms with Gasteiger partial charge in [0.2, 0.25) is 5.91 Å². The van der Waals surface area contributed by atoms with Crippen molar-refractivity contribution in [3.63, 3.8) is 0 Å². The molecule has 12 heteroatoms. The number of benzene rings is 1. The van der Waals surface area contributed by atoms with Crippen LogP contribution >= 0.6 is 0 Å². The van der Waals surface area contributed by atoms with Crippen LogP contribution in [0, 0.1) is 12.7 Å². The summed E-state index contributed by atoms with van der Waals surface area (Å²) in [6.45, 7) is 2.95. The Hall–Kier alpha value is -3.96. The first kappa shape index (κ1) is 25.7. The van der Waals surface area contributed by atoms with Crippen LogP contribution in [0.1, 0.15) is 54.8 Å². The maximum Gasteiger partial charge on any atom is 0.322 e. The van der Waals surface area contributed by atoms with Gasteiger partial charge in [0.15, 0.2) is 11.5 Å². The number of nitrogens with one attached hydrogen (secondary N) is 3. The number of carbonyl (C=O) groups excluding carboxylic acids is 4. The van der Waals surface area contributed by atoms with Crippen molar-refractivity contribution in [1.29, 1.82) is 0 Å². The first-order valence-electron chi connectivity index (χ1n) is 13.0. The number of ketones is 1. The zero-order valence-corrected chi connectivity index (χ0v) is 21.2. The molecule has 2 aliphatic heterocycles. The molecule has 5 rings (SSSR count). The van der Waals surface area contributed by atoms with E-state index >= 15 is 0 Å². The Morgan fingerprint density at radius 3 is 2.58 bits per heavy atom. The fourth-order valence-corrected chi connectivity index (χ4v) is 5.48. The lowest BCUT2D eigenvalue weighted by molar-refractivity contribution is -0.133. The van der Waals surface area contributed by atoms with Crippen LogP contribution in [0.5, 0.6) is 0 Å². The summed E-state index contributed by atoms with van der Waals surface area (Å²) in [5.74, 6) is -1.05. The highest BCUT2D eigenvalue weighted by Crippen LogP contribution is 2.33. The van der Waals surface area contributed by atoms with Gasteiger partial charge < -0.3 is 25.4 Å². The molecule has 0 bridgehead atoms. The minimum atomic E-state index is -1.13. The Labute approximate surface area is 219 Å². The van der Waals surface area contributed by atoms with Crippen LogP contribution < -0.4 is 25.8 Å². The Morgan fingerprint density at radius 1 is 1.13 bits per heavy atom. The number of rotatable bonds is 6. The average Bonchev–Trinajstić information content (AvgIpc) is 3.53. The molecular formula is C26H31FN6O5. The van der Waals surface area contributed by atoms with Gasteiger partial charge in [0.05, 0.1) is 24.0 Å². The van der Waals surface area contributed by atoms with E-state index < -0.39 is 23.3 Å². The third-order valence-corrected chi connectivity index (χ3v) is 7.51. The number of urea groups is 1. The summed E-state index contributed by atoms with van der Waals surface area (Å²) in [7, 11) is 0. The van der Waals surface area contributed by atoms with Crippen molar-refractivity contribution in [1.82, 2.24) is 21.1 Å². The zero-order valence-electron chi connectivity index (χ0n) is 21.2. The first-order chi connectivity index (χ1) is 18.3. The summed E-state index contributed by atoms with van der Waals surface area (Å²) < 4.78 is 19.1. The van der Waals surface area contributed by atoms with Crippen LogP contribution in [0.15, 0.2) is 28.8 Å². The lowest BCUT2D eigenvalue weighted by Gasteiger charge is -2.39. The number of anilines is 2. The normalized spacial score (nSPS) is 21.3. The molecule has 0 spiro atoms. The number of carbonyl (C=O) groups is 4. The Morgan fingerprint density at radius 2 is 1.92 bits per heavy atom. The molecule has 3 fully saturated rings. The minimum absolute atomic E-state index is 0.00336. The third-order valence-electron chi connectivity index (χ3n) is 7.51. The Balaban J connectivity index is 1.28. The summed E-state index contributed by atoms with van der Waals surface area (Å²) in [6, 6.07) is 4.65. The molecule has 1 aliphatic carbocycles. The second-order valence-corrected chi connectivity index (χ2v) is 10.1. The summed E-state index contributed by atoms with van der Waals surface area (Å²) in [5.41, 5.74) is -0.0403. The van der Waals surface area contributed by atoms with Gasteiger partial charge in [0.1, 0.15) is 17.1 Å². The molecule has 4 amide bonds. The summed E-state index contributed by atoms with van der Waals surface area (Å²) in [5, 5.41) is 12.2. The van der Waals surface area contributed by atoms with E-state index in [1.54, 1.807) is 17.9 Å².